The molecule has 2 aliphatic carbocycles. The zero-order valence-corrected chi connectivity index (χ0v) is 23.1. The Morgan fingerprint density at radius 2 is 1.67 bits per heavy atom. The molecule has 3 fully saturated rings. The van der Waals surface area contributed by atoms with E-state index in [1.807, 2.05) is 6.08 Å². The number of rotatable bonds is 3. The summed E-state index contributed by atoms with van der Waals surface area (Å²) < 4.78 is 5.36. The molecule has 2 saturated heterocycles. The molecule has 2 aliphatic heterocycles. The fourth-order valence-electron chi connectivity index (χ4n) is 6.82. The molecule has 4 aliphatic rings. The summed E-state index contributed by atoms with van der Waals surface area (Å²) in [6, 6.07) is 10.9. The third-order valence-corrected chi connectivity index (χ3v) is 10.3. The number of anilines is 1. The van der Waals surface area contributed by atoms with Crippen molar-refractivity contribution in [2.45, 2.75) is 28.5 Å². The standard InChI is InChI=1S/C28H23Cl3N2O6/c1-32-25(37)27(30)12-19-16(22(28(27,31)26(32)38)18-11-15(39-2)7-10-20(18)34)8-9-17-21(19)24(36)33(23(17)35)14-5-3-13(29)4-6-14/h3-8,10-11,17,19,21-22,34H,9,12H2,1-2H3. The molecule has 0 bridgehead atoms. The first kappa shape index (κ1) is 26.2. The van der Waals surface area contributed by atoms with Crippen LogP contribution in [0.5, 0.6) is 11.5 Å². The summed E-state index contributed by atoms with van der Waals surface area (Å²) in [5.41, 5.74) is 1.22. The van der Waals surface area contributed by atoms with Crippen molar-refractivity contribution in [1.82, 2.24) is 4.90 Å². The van der Waals surface area contributed by atoms with Gasteiger partial charge in [0.05, 0.1) is 24.6 Å². The van der Waals surface area contributed by atoms with Gasteiger partial charge in [0.25, 0.3) is 11.8 Å². The maximum atomic E-state index is 13.9. The lowest BCUT2D eigenvalue weighted by molar-refractivity contribution is -0.138. The van der Waals surface area contributed by atoms with Crippen LogP contribution in [0, 0.1) is 17.8 Å². The van der Waals surface area contributed by atoms with E-state index in [0.29, 0.717) is 22.0 Å². The topological polar surface area (TPSA) is 104 Å². The number of halogens is 3. The third kappa shape index (κ3) is 3.31. The molecule has 6 unspecified atom stereocenters. The van der Waals surface area contributed by atoms with Gasteiger partial charge in [-0.05, 0) is 61.2 Å². The zero-order valence-electron chi connectivity index (χ0n) is 20.9. The summed E-state index contributed by atoms with van der Waals surface area (Å²) in [4.78, 5) is 52.7. The van der Waals surface area contributed by atoms with E-state index in [0.717, 1.165) is 9.80 Å². The van der Waals surface area contributed by atoms with Crippen molar-refractivity contribution in [1.29, 1.82) is 0 Å². The number of phenols is 1. The van der Waals surface area contributed by atoms with Crippen LogP contribution in [-0.4, -0.2) is 57.5 Å². The van der Waals surface area contributed by atoms with Crippen molar-refractivity contribution in [2.75, 3.05) is 19.1 Å². The number of benzene rings is 2. The molecule has 0 radical (unpaired) electrons. The van der Waals surface area contributed by atoms with Gasteiger partial charge in [-0.1, -0.05) is 23.3 Å². The lowest BCUT2D eigenvalue weighted by Gasteiger charge is -2.50. The smallest absolute Gasteiger partial charge is 0.253 e. The van der Waals surface area contributed by atoms with Crippen molar-refractivity contribution in [3.8, 4) is 11.5 Å². The molecule has 39 heavy (non-hydrogen) atoms. The summed E-state index contributed by atoms with van der Waals surface area (Å²) in [5, 5.41) is 11.4. The van der Waals surface area contributed by atoms with Crippen LogP contribution in [0.15, 0.2) is 54.1 Å². The molecule has 202 valence electrons. The average molecular weight is 590 g/mol. The second-order valence-electron chi connectivity index (χ2n) is 10.4. The normalized spacial score (nSPS) is 33.6. The van der Waals surface area contributed by atoms with Gasteiger partial charge >= 0.3 is 0 Å². The van der Waals surface area contributed by atoms with Crippen LogP contribution in [-0.2, 0) is 19.2 Å². The first-order valence-corrected chi connectivity index (χ1v) is 13.5. The zero-order chi connectivity index (χ0) is 28.0. The highest BCUT2D eigenvalue weighted by Crippen LogP contribution is 2.66. The lowest BCUT2D eigenvalue weighted by Crippen LogP contribution is -2.60. The Kier molecular flexibility index (Phi) is 5.85. The minimum Gasteiger partial charge on any atom is -0.508 e. The molecule has 4 amide bonds. The molecule has 6 rings (SSSR count). The number of hydrogen-bond donors (Lipinski definition) is 1. The molecule has 2 aromatic rings. The number of carbonyl (C=O) groups is 4. The van der Waals surface area contributed by atoms with Crippen LogP contribution >= 0.6 is 34.8 Å². The van der Waals surface area contributed by atoms with E-state index < -0.39 is 51.1 Å². The largest absolute Gasteiger partial charge is 0.508 e. The highest BCUT2D eigenvalue weighted by atomic mass is 35.5. The summed E-state index contributed by atoms with van der Waals surface area (Å²) in [7, 11) is 2.77. The molecular formula is C28H23Cl3N2O6. The summed E-state index contributed by atoms with van der Waals surface area (Å²) >= 11 is 20.3. The van der Waals surface area contributed by atoms with Gasteiger partial charge < -0.3 is 9.84 Å². The molecular weight excluding hydrogens is 567 g/mol. The SMILES string of the molecule is COc1ccc(O)c(C2C3=CCC4C(=O)N(c5ccc(Cl)cc5)C(=O)C4C3CC3(Cl)C(=O)N(C)C(=O)C23Cl)c1. The van der Waals surface area contributed by atoms with E-state index in [1.165, 1.54) is 20.2 Å². The van der Waals surface area contributed by atoms with Crippen molar-refractivity contribution < 1.29 is 29.0 Å². The number of amides is 4. The second-order valence-corrected chi connectivity index (χ2v) is 12.1. The quantitative estimate of drug-likeness (QED) is 0.326. The number of allylic oxidation sites excluding steroid dienone is 2. The second kappa shape index (κ2) is 8.71. The highest BCUT2D eigenvalue weighted by molar-refractivity contribution is 6.53. The molecule has 6 atom stereocenters. The van der Waals surface area contributed by atoms with Crippen LogP contribution in [0.1, 0.15) is 24.3 Å². The molecule has 0 spiro atoms. The van der Waals surface area contributed by atoms with Gasteiger partial charge in [-0.3, -0.25) is 29.0 Å². The van der Waals surface area contributed by atoms with Crippen LogP contribution < -0.4 is 9.64 Å². The number of carbonyl (C=O) groups excluding carboxylic acids is 4. The van der Waals surface area contributed by atoms with E-state index in [1.54, 1.807) is 36.4 Å². The van der Waals surface area contributed by atoms with Gasteiger partial charge in [0.2, 0.25) is 11.8 Å². The summed E-state index contributed by atoms with van der Waals surface area (Å²) in [6.45, 7) is 0. The number of phenolic OH excluding ortho intramolecular Hbond substituents is 1. The Hall–Kier alpha value is -3.07. The summed E-state index contributed by atoms with van der Waals surface area (Å²) in [6.07, 6.45) is 1.89. The molecule has 1 N–H and O–H groups in total. The number of aromatic hydroxyl groups is 1. The Bertz CT molecular complexity index is 1490. The van der Waals surface area contributed by atoms with Gasteiger partial charge in [0.1, 0.15) is 11.5 Å². The van der Waals surface area contributed by atoms with Gasteiger partial charge in [0.15, 0.2) is 9.75 Å². The van der Waals surface area contributed by atoms with Crippen LogP contribution in [0.3, 0.4) is 0 Å². The minimum atomic E-state index is -1.99. The number of fused-ring (bicyclic) bond motifs is 4. The lowest BCUT2D eigenvalue weighted by atomic mass is 9.56. The third-order valence-electron chi connectivity index (χ3n) is 8.64. The fraction of sp³-hybridized carbons (Fsp3) is 0.357. The molecule has 1 saturated carbocycles. The number of hydrogen-bond acceptors (Lipinski definition) is 6. The molecule has 11 heteroatoms. The Labute approximate surface area is 239 Å². The number of likely N-dealkylation sites (tertiary alicyclic amines) is 1. The number of methoxy groups -OCH3 is 1. The van der Waals surface area contributed by atoms with Crippen LogP contribution in [0.4, 0.5) is 5.69 Å². The molecule has 0 aromatic heterocycles. The number of nitrogens with zero attached hydrogens (tertiary/aromatic N) is 2. The van der Waals surface area contributed by atoms with E-state index >= 15 is 0 Å². The number of ether oxygens (including phenoxy) is 1. The number of alkyl halides is 2. The van der Waals surface area contributed by atoms with Crippen molar-refractivity contribution in [3.05, 3.63) is 64.7 Å². The Morgan fingerprint density at radius 3 is 2.33 bits per heavy atom. The van der Waals surface area contributed by atoms with Crippen LogP contribution in [0.25, 0.3) is 0 Å². The van der Waals surface area contributed by atoms with Gasteiger partial charge in [-0.2, -0.15) is 0 Å². The predicted molar refractivity (Wildman–Crippen MR) is 144 cm³/mol. The van der Waals surface area contributed by atoms with Gasteiger partial charge in [-0.25, -0.2) is 0 Å². The first-order valence-electron chi connectivity index (χ1n) is 12.4. The van der Waals surface area contributed by atoms with Gasteiger partial charge in [0, 0.05) is 23.6 Å². The minimum absolute atomic E-state index is 0.130. The molecule has 8 nitrogen and oxygen atoms in total. The first-order chi connectivity index (χ1) is 18.5. The van der Waals surface area contributed by atoms with E-state index in [9.17, 15) is 24.3 Å². The van der Waals surface area contributed by atoms with Crippen molar-refractivity contribution in [3.63, 3.8) is 0 Å². The average Bonchev–Trinajstić information content (AvgIpc) is 3.25. The van der Waals surface area contributed by atoms with Crippen molar-refractivity contribution >= 4 is 64.1 Å². The summed E-state index contributed by atoms with van der Waals surface area (Å²) in [5.74, 6) is -5.24. The maximum absolute atomic E-state index is 13.9. The van der Waals surface area contributed by atoms with Gasteiger partial charge in [-0.15, -0.1) is 23.2 Å². The Balaban J connectivity index is 1.53. The Morgan fingerprint density at radius 1 is 0.974 bits per heavy atom. The van der Waals surface area contributed by atoms with E-state index in [4.69, 9.17) is 39.5 Å². The predicted octanol–water partition coefficient (Wildman–Crippen LogP) is 4.25. The van der Waals surface area contributed by atoms with E-state index in [-0.39, 0.29) is 30.1 Å². The molecule has 2 aromatic carbocycles. The highest BCUT2D eigenvalue weighted by Gasteiger charge is 2.76. The van der Waals surface area contributed by atoms with Crippen LogP contribution in [0.2, 0.25) is 5.02 Å². The van der Waals surface area contributed by atoms with Crippen molar-refractivity contribution in [2.24, 2.45) is 17.8 Å². The number of imide groups is 2. The fourth-order valence-corrected chi connectivity index (χ4v) is 7.96. The monoisotopic (exact) mass is 588 g/mol. The maximum Gasteiger partial charge on any atom is 0.253 e. The van der Waals surface area contributed by atoms with E-state index in [2.05, 4.69) is 0 Å². The molecule has 2 heterocycles.